The highest BCUT2D eigenvalue weighted by molar-refractivity contribution is 4.75. The van der Waals surface area contributed by atoms with E-state index in [1.807, 2.05) is 0 Å². The zero-order chi connectivity index (χ0) is 10.4. The summed E-state index contributed by atoms with van der Waals surface area (Å²) in [4.78, 5) is 2.48. The molecule has 0 aliphatic carbocycles. The third-order valence-corrected chi connectivity index (χ3v) is 3.34. The van der Waals surface area contributed by atoms with E-state index in [0.717, 1.165) is 12.0 Å². The molecule has 2 atom stereocenters. The minimum Gasteiger partial charge on any atom is -0.314 e. The molecule has 0 amide bonds. The van der Waals surface area contributed by atoms with Gasteiger partial charge in [0.05, 0.1) is 0 Å². The van der Waals surface area contributed by atoms with E-state index in [0.29, 0.717) is 0 Å². The van der Waals surface area contributed by atoms with Gasteiger partial charge < -0.3 is 10.2 Å². The summed E-state index contributed by atoms with van der Waals surface area (Å²) in [5.41, 5.74) is 0. The number of nitrogens with one attached hydrogen (secondary N) is 1. The lowest BCUT2D eigenvalue weighted by molar-refractivity contribution is 0.269. The van der Waals surface area contributed by atoms with Crippen LogP contribution in [0, 0.1) is 5.92 Å². The summed E-state index contributed by atoms with van der Waals surface area (Å²) in [6.45, 7) is 8.35. The monoisotopic (exact) mass is 198 g/mol. The number of hydrogen-bond acceptors (Lipinski definition) is 2. The predicted octanol–water partition coefficient (Wildman–Crippen LogP) is 2.11. The van der Waals surface area contributed by atoms with Crippen molar-refractivity contribution in [3.8, 4) is 0 Å². The van der Waals surface area contributed by atoms with Crippen molar-refractivity contribution < 1.29 is 0 Å². The van der Waals surface area contributed by atoms with Crippen LogP contribution in [0.2, 0.25) is 0 Å². The fourth-order valence-corrected chi connectivity index (χ4v) is 2.13. The largest absolute Gasteiger partial charge is 0.314 e. The first-order valence-electron chi connectivity index (χ1n) is 6.14. The molecule has 1 fully saturated rings. The van der Waals surface area contributed by atoms with Gasteiger partial charge >= 0.3 is 0 Å². The summed E-state index contributed by atoms with van der Waals surface area (Å²) >= 11 is 0. The van der Waals surface area contributed by atoms with Gasteiger partial charge in [-0.05, 0) is 45.3 Å². The van der Waals surface area contributed by atoms with Gasteiger partial charge in [0.1, 0.15) is 0 Å². The molecule has 84 valence electrons. The highest BCUT2D eigenvalue weighted by Crippen LogP contribution is 2.10. The Labute approximate surface area is 89.1 Å². The molecule has 14 heavy (non-hydrogen) atoms. The van der Waals surface area contributed by atoms with Crippen LogP contribution in [0.3, 0.4) is 0 Å². The van der Waals surface area contributed by atoms with E-state index in [-0.39, 0.29) is 0 Å². The molecule has 0 bridgehead atoms. The van der Waals surface area contributed by atoms with E-state index in [1.165, 1.54) is 45.3 Å². The predicted molar refractivity (Wildman–Crippen MR) is 62.6 cm³/mol. The molecule has 0 aromatic carbocycles. The Morgan fingerprint density at radius 2 is 2.29 bits per heavy atom. The maximum Gasteiger partial charge on any atom is 0.00797 e. The van der Waals surface area contributed by atoms with Crippen LogP contribution in [0.4, 0.5) is 0 Å². The van der Waals surface area contributed by atoms with Crippen molar-refractivity contribution in [2.45, 2.75) is 45.6 Å². The van der Waals surface area contributed by atoms with Crippen molar-refractivity contribution in [3.63, 3.8) is 0 Å². The summed E-state index contributed by atoms with van der Waals surface area (Å²) in [6, 6.07) is 0.800. The van der Waals surface area contributed by atoms with Gasteiger partial charge in [0.2, 0.25) is 0 Å². The second-order valence-corrected chi connectivity index (χ2v) is 4.86. The zero-order valence-corrected chi connectivity index (χ0v) is 10.1. The van der Waals surface area contributed by atoms with Gasteiger partial charge in [0, 0.05) is 12.6 Å². The van der Waals surface area contributed by atoms with Crippen LogP contribution >= 0.6 is 0 Å². The van der Waals surface area contributed by atoms with Gasteiger partial charge in [-0.1, -0.05) is 20.3 Å². The number of rotatable bonds is 6. The standard InChI is InChI=1S/C12H26N2/c1-4-11(2)10-14(3)9-7-12-6-5-8-13-12/h11-13H,4-10H2,1-3H3. The lowest BCUT2D eigenvalue weighted by Gasteiger charge is -2.22. The molecule has 2 nitrogen and oxygen atoms in total. The smallest absolute Gasteiger partial charge is 0.00797 e. The number of nitrogens with zero attached hydrogens (tertiary/aromatic N) is 1. The molecule has 0 spiro atoms. The molecule has 0 radical (unpaired) electrons. The molecular formula is C12H26N2. The first kappa shape index (κ1) is 12.0. The summed E-state index contributed by atoms with van der Waals surface area (Å²) in [5, 5.41) is 3.55. The van der Waals surface area contributed by atoms with E-state index in [1.54, 1.807) is 0 Å². The van der Waals surface area contributed by atoms with Crippen LogP contribution in [0.15, 0.2) is 0 Å². The SMILES string of the molecule is CCC(C)CN(C)CCC1CCCN1. The Bertz CT molecular complexity index is 141. The van der Waals surface area contributed by atoms with Crippen LogP contribution in [0.1, 0.15) is 39.5 Å². The van der Waals surface area contributed by atoms with Crippen molar-refractivity contribution >= 4 is 0 Å². The summed E-state index contributed by atoms with van der Waals surface area (Å²) in [5.74, 6) is 0.844. The van der Waals surface area contributed by atoms with Crippen LogP contribution in [0.25, 0.3) is 0 Å². The van der Waals surface area contributed by atoms with Crippen LogP contribution in [-0.4, -0.2) is 37.6 Å². The molecule has 0 saturated carbocycles. The molecule has 0 aromatic rings. The normalized spacial score (nSPS) is 24.4. The van der Waals surface area contributed by atoms with Crippen molar-refractivity contribution in [3.05, 3.63) is 0 Å². The highest BCUT2D eigenvalue weighted by atomic mass is 15.1. The quantitative estimate of drug-likeness (QED) is 0.703. The molecule has 1 N–H and O–H groups in total. The summed E-state index contributed by atoms with van der Waals surface area (Å²) in [7, 11) is 2.25. The van der Waals surface area contributed by atoms with E-state index in [4.69, 9.17) is 0 Å². The fourth-order valence-electron chi connectivity index (χ4n) is 2.13. The molecule has 1 aliphatic heterocycles. The van der Waals surface area contributed by atoms with Gasteiger partial charge in [-0.15, -0.1) is 0 Å². The second-order valence-electron chi connectivity index (χ2n) is 4.86. The van der Waals surface area contributed by atoms with Gasteiger partial charge in [-0.3, -0.25) is 0 Å². The lowest BCUT2D eigenvalue weighted by Crippen LogP contribution is -2.30. The van der Waals surface area contributed by atoms with Gasteiger partial charge in [-0.2, -0.15) is 0 Å². The Balaban J connectivity index is 2.04. The van der Waals surface area contributed by atoms with Gasteiger partial charge in [0.15, 0.2) is 0 Å². The molecule has 2 heteroatoms. The van der Waals surface area contributed by atoms with Crippen LogP contribution in [0.5, 0.6) is 0 Å². The van der Waals surface area contributed by atoms with Crippen molar-refractivity contribution in [1.82, 2.24) is 10.2 Å². The zero-order valence-electron chi connectivity index (χ0n) is 10.1. The summed E-state index contributed by atoms with van der Waals surface area (Å²) in [6.07, 6.45) is 5.38. The first-order valence-corrected chi connectivity index (χ1v) is 6.14. The molecule has 2 unspecified atom stereocenters. The van der Waals surface area contributed by atoms with Crippen molar-refractivity contribution in [1.29, 1.82) is 0 Å². The topological polar surface area (TPSA) is 15.3 Å². The highest BCUT2D eigenvalue weighted by Gasteiger charge is 2.14. The third-order valence-electron chi connectivity index (χ3n) is 3.34. The van der Waals surface area contributed by atoms with Crippen molar-refractivity contribution in [2.24, 2.45) is 5.92 Å². The van der Waals surface area contributed by atoms with E-state index in [2.05, 4.69) is 31.1 Å². The average molecular weight is 198 g/mol. The van der Waals surface area contributed by atoms with E-state index >= 15 is 0 Å². The van der Waals surface area contributed by atoms with Crippen LogP contribution in [-0.2, 0) is 0 Å². The molecule has 1 heterocycles. The van der Waals surface area contributed by atoms with Gasteiger partial charge in [0.25, 0.3) is 0 Å². The molecule has 0 aromatic heterocycles. The van der Waals surface area contributed by atoms with Gasteiger partial charge in [-0.25, -0.2) is 0 Å². The minimum absolute atomic E-state index is 0.800. The van der Waals surface area contributed by atoms with Crippen LogP contribution < -0.4 is 5.32 Å². The minimum atomic E-state index is 0.800. The maximum atomic E-state index is 3.55. The Morgan fingerprint density at radius 1 is 1.50 bits per heavy atom. The van der Waals surface area contributed by atoms with Crippen molar-refractivity contribution in [2.75, 3.05) is 26.7 Å². The number of hydrogen-bond donors (Lipinski definition) is 1. The maximum absolute atomic E-state index is 3.55. The lowest BCUT2D eigenvalue weighted by atomic mass is 10.1. The van der Waals surface area contributed by atoms with E-state index < -0.39 is 0 Å². The fraction of sp³-hybridized carbons (Fsp3) is 1.00. The summed E-state index contributed by atoms with van der Waals surface area (Å²) < 4.78 is 0. The molecule has 1 saturated heterocycles. The van der Waals surface area contributed by atoms with E-state index in [9.17, 15) is 0 Å². The third kappa shape index (κ3) is 4.43. The Hall–Kier alpha value is -0.0800. The molecular weight excluding hydrogens is 172 g/mol. The Morgan fingerprint density at radius 3 is 2.86 bits per heavy atom. The molecule has 1 aliphatic rings. The first-order chi connectivity index (χ1) is 6.72. The second kappa shape index (κ2) is 6.41. The Kier molecular flexibility index (Phi) is 5.49. The average Bonchev–Trinajstić information content (AvgIpc) is 2.67. The molecule has 1 rings (SSSR count).